The first-order valence-corrected chi connectivity index (χ1v) is 11.0. The van der Waals surface area contributed by atoms with Gasteiger partial charge < -0.3 is 29.0 Å². The van der Waals surface area contributed by atoms with Gasteiger partial charge in [0.25, 0.3) is 11.1 Å². The molecule has 0 aromatic heterocycles. The van der Waals surface area contributed by atoms with Crippen LogP contribution in [-0.4, -0.2) is 62.1 Å². The van der Waals surface area contributed by atoms with Crippen LogP contribution >= 0.6 is 11.8 Å². The highest BCUT2D eigenvalue weighted by molar-refractivity contribution is 8.18. The summed E-state index contributed by atoms with van der Waals surface area (Å²) in [5.74, 6) is -0.223. The molecule has 1 fully saturated rings. The summed E-state index contributed by atoms with van der Waals surface area (Å²) in [5, 5.41) is 2.04. The quantitative estimate of drug-likeness (QED) is 0.426. The van der Waals surface area contributed by atoms with Gasteiger partial charge in [-0.25, -0.2) is 4.79 Å². The van der Waals surface area contributed by atoms with Crippen LogP contribution in [0.4, 0.5) is 10.5 Å². The highest BCUT2D eigenvalue weighted by Crippen LogP contribution is 2.38. The van der Waals surface area contributed by atoms with E-state index in [0.29, 0.717) is 40.3 Å². The summed E-state index contributed by atoms with van der Waals surface area (Å²) in [4.78, 5) is 50.3. The zero-order valence-electron chi connectivity index (χ0n) is 18.7. The number of carbonyl (C=O) groups is 4. The monoisotopic (exact) mass is 500 g/mol. The number of methoxy groups -OCH3 is 2. The fourth-order valence-corrected chi connectivity index (χ4v) is 4.08. The Morgan fingerprint density at radius 3 is 2.71 bits per heavy atom. The zero-order chi connectivity index (χ0) is 24.9. The molecule has 11 nitrogen and oxygen atoms in total. The van der Waals surface area contributed by atoms with Gasteiger partial charge in [-0.3, -0.25) is 19.3 Å². The molecule has 182 valence electrons. The molecule has 2 aliphatic rings. The van der Waals surface area contributed by atoms with Gasteiger partial charge in [0.05, 0.1) is 19.1 Å². The van der Waals surface area contributed by atoms with Crippen molar-refractivity contribution < 1.29 is 42.9 Å². The van der Waals surface area contributed by atoms with Crippen molar-refractivity contribution >= 4 is 46.5 Å². The van der Waals surface area contributed by atoms with Crippen LogP contribution < -0.4 is 24.3 Å². The number of amides is 3. The number of benzene rings is 2. The van der Waals surface area contributed by atoms with Gasteiger partial charge in [-0.1, -0.05) is 12.1 Å². The van der Waals surface area contributed by atoms with Crippen molar-refractivity contribution in [1.29, 1.82) is 0 Å². The molecular weight excluding hydrogens is 480 g/mol. The number of thioether (sulfide) groups is 1. The first-order valence-electron chi connectivity index (χ1n) is 10.2. The maximum atomic E-state index is 12.9. The molecule has 12 heteroatoms. The third kappa shape index (κ3) is 5.32. The number of rotatable bonds is 8. The summed E-state index contributed by atoms with van der Waals surface area (Å²) in [5.41, 5.74) is 0.842. The molecule has 3 amide bonds. The van der Waals surface area contributed by atoms with Crippen molar-refractivity contribution in [2.75, 3.05) is 39.5 Å². The van der Waals surface area contributed by atoms with Gasteiger partial charge in [-0.15, -0.1) is 0 Å². The Kier molecular flexibility index (Phi) is 7.11. The second-order valence-electron chi connectivity index (χ2n) is 7.13. The molecule has 0 atom stereocenters. The Bertz CT molecular complexity index is 1230. The second-order valence-corrected chi connectivity index (χ2v) is 8.12. The van der Waals surface area contributed by atoms with E-state index < -0.39 is 29.6 Å². The standard InChI is InChI=1S/C23H20N2O9S/c1-30-16-5-3-4-13(21(16)32-11-20(27)31-2)8-18-22(28)25(23(29)35-18)10-19(26)24-14-6-7-15-17(9-14)34-12-33-15/h3-9H,10-12H2,1-2H3,(H,24,26)/b18-8+. The van der Waals surface area contributed by atoms with E-state index >= 15 is 0 Å². The number of ether oxygens (including phenoxy) is 5. The number of hydrogen-bond donors (Lipinski definition) is 1. The van der Waals surface area contributed by atoms with E-state index in [2.05, 4.69) is 10.1 Å². The molecular formula is C23H20N2O9S. The number of carbonyl (C=O) groups excluding carboxylic acids is 4. The van der Waals surface area contributed by atoms with Gasteiger partial charge >= 0.3 is 5.97 Å². The maximum Gasteiger partial charge on any atom is 0.343 e. The normalized spacial score (nSPS) is 15.4. The van der Waals surface area contributed by atoms with Crippen molar-refractivity contribution in [3.05, 3.63) is 46.9 Å². The lowest BCUT2D eigenvalue weighted by Gasteiger charge is -2.13. The van der Waals surface area contributed by atoms with Gasteiger partial charge in [-0.05, 0) is 36.0 Å². The lowest BCUT2D eigenvalue weighted by molar-refractivity contribution is -0.143. The molecule has 2 aromatic rings. The number of fused-ring (bicyclic) bond motifs is 1. The van der Waals surface area contributed by atoms with Crippen molar-refractivity contribution in [3.63, 3.8) is 0 Å². The van der Waals surface area contributed by atoms with Crippen molar-refractivity contribution in [2.45, 2.75) is 0 Å². The molecule has 0 bridgehead atoms. The van der Waals surface area contributed by atoms with Crippen molar-refractivity contribution in [2.24, 2.45) is 0 Å². The number of anilines is 1. The number of esters is 1. The van der Waals surface area contributed by atoms with Crippen molar-refractivity contribution in [1.82, 2.24) is 4.90 Å². The van der Waals surface area contributed by atoms with Crippen LogP contribution in [0.1, 0.15) is 5.56 Å². The van der Waals surface area contributed by atoms with E-state index in [1.807, 2.05) is 0 Å². The van der Waals surface area contributed by atoms with Crippen LogP contribution in [-0.2, 0) is 19.1 Å². The van der Waals surface area contributed by atoms with E-state index in [-0.39, 0.29) is 24.1 Å². The first kappa shape index (κ1) is 24.0. The Balaban J connectivity index is 1.48. The van der Waals surface area contributed by atoms with Gasteiger partial charge in [0.1, 0.15) is 6.54 Å². The average molecular weight is 500 g/mol. The summed E-state index contributed by atoms with van der Waals surface area (Å²) >= 11 is 0.686. The van der Waals surface area contributed by atoms with Gasteiger partial charge in [0.2, 0.25) is 12.7 Å². The molecule has 0 aliphatic carbocycles. The molecule has 2 aromatic carbocycles. The number of nitrogens with one attached hydrogen (secondary N) is 1. The molecule has 0 saturated carbocycles. The fourth-order valence-electron chi connectivity index (χ4n) is 3.25. The van der Waals surface area contributed by atoms with Gasteiger partial charge in [0.15, 0.2) is 29.6 Å². The molecule has 2 aliphatic heterocycles. The minimum absolute atomic E-state index is 0.0852. The SMILES string of the molecule is COC(=O)COc1c(/C=C2/SC(=O)N(CC(=O)Nc3ccc4c(c3)OCO4)C2=O)cccc1OC. The Morgan fingerprint density at radius 2 is 1.94 bits per heavy atom. The molecule has 35 heavy (non-hydrogen) atoms. The summed E-state index contributed by atoms with van der Waals surface area (Å²) in [6.07, 6.45) is 1.44. The lowest BCUT2D eigenvalue weighted by Crippen LogP contribution is -2.36. The van der Waals surface area contributed by atoms with E-state index in [0.717, 1.165) is 4.90 Å². The van der Waals surface area contributed by atoms with Crippen LogP contribution in [0.2, 0.25) is 0 Å². The number of imide groups is 1. The van der Waals surface area contributed by atoms with Crippen LogP contribution in [0, 0.1) is 0 Å². The fraction of sp³-hybridized carbons (Fsp3) is 0.217. The third-order valence-corrected chi connectivity index (χ3v) is 5.82. The van der Waals surface area contributed by atoms with E-state index in [9.17, 15) is 19.2 Å². The van der Waals surface area contributed by atoms with Crippen molar-refractivity contribution in [3.8, 4) is 23.0 Å². The first-order chi connectivity index (χ1) is 16.9. The minimum atomic E-state index is -0.637. The third-order valence-electron chi connectivity index (χ3n) is 4.91. The zero-order valence-corrected chi connectivity index (χ0v) is 19.5. The number of nitrogens with zero attached hydrogens (tertiary/aromatic N) is 1. The topological polar surface area (TPSA) is 130 Å². The van der Waals surface area contributed by atoms with Gasteiger partial charge in [0, 0.05) is 17.3 Å². The summed E-state index contributed by atoms with van der Waals surface area (Å²) < 4.78 is 25.9. The number of para-hydroxylation sites is 1. The second kappa shape index (κ2) is 10.4. The lowest BCUT2D eigenvalue weighted by atomic mass is 10.1. The Labute approximate surface area is 203 Å². The number of hydrogen-bond acceptors (Lipinski definition) is 10. The molecule has 1 saturated heterocycles. The predicted octanol–water partition coefficient (Wildman–Crippen LogP) is 2.65. The largest absolute Gasteiger partial charge is 0.493 e. The maximum absolute atomic E-state index is 12.9. The van der Waals surface area contributed by atoms with Crippen LogP contribution in [0.25, 0.3) is 6.08 Å². The van der Waals surface area contributed by atoms with E-state index in [4.69, 9.17) is 18.9 Å². The Morgan fingerprint density at radius 1 is 1.14 bits per heavy atom. The van der Waals surface area contributed by atoms with E-state index in [1.54, 1.807) is 36.4 Å². The van der Waals surface area contributed by atoms with Gasteiger partial charge in [-0.2, -0.15) is 0 Å². The summed E-state index contributed by atoms with van der Waals surface area (Å²) in [6.45, 7) is -0.752. The minimum Gasteiger partial charge on any atom is -0.493 e. The summed E-state index contributed by atoms with van der Waals surface area (Å²) in [7, 11) is 2.66. The highest BCUT2D eigenvalue weighted by atomic mass is 32.2. The Hall–Kier alpha value is -4.19. The highest BCUT2D eigenvalue weighted by Gasteiger charge is 2.36. The summed E-state index contributed by atoms with van der Waals surface area (Å²) in [6, 6.07) is 9.78. The predicted molar refractivity (Wildman–Crippen MR) is 124 cm³/mol. The average Bonchev–Trinajstić information content (AvgIpc) is 3.42. The molecule has 1 N–H and O–H groups in total. The van der Waals surface area contributed by atoms with Crippen LogP contribution in [0.15, 0.2) is 41.3 Å². The smallest absolute Gasteiger partial charge is 0.343 e. The molecule has 2 heterocycles. The molecule has 0 unspecified atom stereocenters. The van der Waals surface area contributed by atoms with Crippen LogP contribution in [0.5, 0.6) is 23.0 Å². The molecule has 0 radical (unpaired) electrons. The van der Waals surface area contributed by atoms with Crippen LogP contribution in [0.3, 0.4) is 0 Å². The van der Waals surface area contributed by atoms with E-state index in [1.165, 1.54) is 20.3 Å². The molecule has 4 rings (SSSR count). The molecule has 0 spiro atoms.